The molecule has 0 saturated heterocycles. The standard InChI is InChI=1S/C12H14O4/c1-3-15-11-5-8-4-7(2)16-10(8)6-9(11)12(13)14/h5-7H,3-4H2,1-2H3,(H,13,14)/t7-/m0/s1. The summed E-state index contributed by atoms with van der Waals surface area (Å²) in [6.45, 7) is 4.24. The molecule has 86 valence electrons. The zero-order valence-electron chi connectivity index (χ0n) is 9.32. The first-order valence-electron chi connectivity index (χ1n) is 5.31. The van der Waals surface area contributed by atoms with E-state index in [0.29, 0.717) is 18.1 Å². The van der Waals surface area contributed by atoms with Gasteiger partial charge in [-0.15, -0.1) is 0 Å². The number of ether oxygens (including phenoxy) is 2. The molecule has 0 radical (unpaired) electrons. The van der Waals surface area contributed by atoms with E-state index in [1.54, 1.807) is 12.1 Å². The first-order valence-corrected chi connectivity index (χ1v) is 5.31. The van der Waals surface area contributed by atoms with Gasteiger partial charge in [-0.1, -0.05) is 0 Å². The molecule has 0 aliphatic carbocycles. The van der Waals surface area contributed by atoms with Gasteiger partial charge in [0.25, 0.3) is 0 Å². The fourth-order valence-electron chi connectivity index (χ4n) is 1.88. The summed E-state index contributed by atoms with van der Waals surface area (Å²) >= 11 is 0. The highest BCUT2D eigenvalue weighted by atomic mass is 16.5. The lowest BCUT2D eigenvalue weighted by molar-refractivity contribution is 0.0692. The first-order chi connectivity index (χ1) is 7.61. The van der Waals surface area contributed by atoms with Gasteiger partial charge in [0.15, 0.2) is 0 Å². The van der Waals surface area contributed by atoms with Crippen LogP contribution in [0.1, 0.15) is 29.8 Å². The van der Waals surface area contributed by atoms with Gasteiger partial charge in [0.2, 0.25) is 0 Å². The predicted molar refractivity (Wildman–Crippen MR) is 58.4 cm³/mol. The van der Waals surface area contributed by atoms with Crippen molar-refractivity contribution in [3.05, 3.63) is 23.3 Å². The third-order valence-electron chi connectivity index (χ3n) is 2.53. The monoisotopic (exact) mass is 222 g/mol. The van der Waals surface area contributed by atoms with Gasteiger partial charge >= 0.3 is 5.97 Å². The second kappa shape index (κ2) is 4.04. The average Bonchev–Trinajstić information content (AvgIpc) is 2.56. The molecule has 1 atom stereocenters. The molecule has 0 aromatic heterocycles. The number of rotatable bonds is 3. The minimum Gasteiger partial charge on any atom is -0.493 e. The number of fused-ring (bicyclic) bond motifs is 1. The van der Waals surface area contributed by atoms with Crippen LogP contribution in [-0.2, 0) is 6.42 Å². The molecular formula is C12H14O4. The topological polar surface area (TPSA) is 55.8 Å². The summed E-state index contributed by atoms with van der Waals surface area (Å²) in [6.07, 6.45) is 0.906. The molecule has 0 fully saturated rings. The maximum absolute atomic E-state index is 11.0. The first kappa shape index (κ1) is 10.8. The van der Waals surface area contributed by atoms with Gasteiger partial charge in [-0.05, 0) is 26.0 Å². The van der Waals surface area contributed by atoms with Crippen molar-refractivity contribution < 1.29 is 19.4 Å². The number of hydrogen-bond donors (Lipinski definition) is 1. The molecule has 0 saturated carbocycles. The van der Waals surface area contributed by atoms with Crippen LogP contribution in [0, 0.1) is 0 Å². The molecule has 4 nitrogen and oxygen atoms in total. The maximum atomic E-state index is 11.0. The average molecular weight is 222 g/mol. The Kier molecular flexibility index (Phi) is 2.73. The van der Waals surface area contributed by atoms with Crippen molar-refractivity contribution in [2.45, 2.75) is 26.4 Å². The van der Waals surface area contributed by atoms with Gasteiger partial charge in [-0.25, -0.2) is 4.79 Å². The van der Waals surface area contributed by atoms with Crippen LogP contribution in [0.15, 0.2) is 12.1 Å². The second-order valence-corrected chi connectivity index (χ2v) is 3.83. The van der Waals surface area contributed by atoms with Gasteiger partial charge in [0.05, 0.1) is 6.61 Å². The van der Waals surface area contributed by atoms with E-state index < -0.39 is 5.97 Å². The van der Waals surface area contributed by atoms with Crippen LogP contribution in [0.3, 0.4) is 0 Å². The Labute approximate surface area is 93.8 Å². The van der Waals surface area contributed by atoms with Crippen LogP contribution in [0.25, 0.3) is 0 Å². The highest BCUT2D eigenvalue weighted by Gasteiger charge is 2.23. The molecule has 0 amide bonds. The fourth-order valence-corrected chi connectivity index (χ4v) is 1.88. The predicted octanol–water partition coefficient (Wildman–Crippen LogP) is 2.11. The van der Waals surface area contributed by atoms with Crippen molar-refractivity contribution in [1.29, 1.82) is 0 Å². The second-order valence-electron chi connectivity index (χ2n) is 3.83. The van der Waals surface area contributed by atoms with E-state index in [0.717, 1.165) is 12.0 Å². The number of carboxylic acids is 1. The summed E-state index contributed by atoms with van der Waals surface area (Å²) in [6, 6.07) is 3.32. The van der Waals surface area contributed by atoms with Gasteiger partial charge in [-0.3, -0.25) is 0 Å². The van der Waals surface area contributed by atoms with E-state index in [2.05, 4.69) is 0 Å². The van der Waals surface area contributed by atoms with Crippen LogP contribution < -0.4 is 9.47 Å². The molecule has 1 aliphatic rings. The molecule has 0 bridgehead atoms. The Bertz CT molecular complexity index is 425. The molecule has 0 unspecified atom stereocenters. The lowest BCUT2D eigenvalue weighted by atomic mass is 10.1. The van der Waals surface area contributed by atoms with Gasteiger partial charge in [0, 0.05) is 12.0 Å². The SMILES string of the molecule is CCOc1cc2c(cc1C(=O)O)O[C@@H](C)C2. The summed E-state index contributed by atoms with van der Waals surface area (Å²) in [4.78, 5) is 11.0. The molecule has 1 aromatic rings. The molecule has 1 N–H and O–H groups in total. The van der Waals surface area contributed by atoms with E-state index in [4.69, 9.17) is 14.6 Å². The summed E-state index contributed by atoms with van der Waals surface area (Å²) < 4.78 is 10.8. The van der Waals surface area contributed by atoms with Crippen molar-refractivity contribution in [1.82, 2.24) is 0 Å². The molecule has 2 rings (SSSR count). The van der Waals surface area contributed by atoms with Crippen LogP contribution in [0.2, 0.25) is 0 Å². The number of carbonyl (C=O) groups is 1. The van der Waals surface area contributed by atoms with Crippen LogP contribution in [-0.4, -0.2) is 23.8 Å². The van der Waals surface area contributed by atoms with Gasteiger partial charge in [0.1, 0.15) is 23.2 Å². The molecule has 1 aromatic carbocycles. The number of aromatic carboxylic acids is 1. The molecule has 1 aliphatic heterocycles. The van der Waals surface area contributed by atoms with Gasteiger partial charge in [-0.2, -0.15) is 0 Å². The highest BCUT2D eigenvalue weighted by molar-refractivity contribution is 5.91. The lowest BCUT2D eigenvalue weighted by Crippen LogP contribution is -2.05. The maximum Gasteiger partial charge on any atom is 0.339 e. The molecular weight excluding hydrogens is 208 g/mol. The molecule has 4 heteroatoms. The number of hydrogen-bond acceptors (Lipinski definition) is 3. The van der Waals surface area contributed by atoms with Crippen LogP contribution >= 0.6 is 0 Å². The molecule has 1 heterocycles. The minimum atomic E-state index is -0.991. The lowest BCUT2D eigenvalue weighted by Gasteiger charge is -2.09. The quantitative estimate of drug-likeness (QED) is 0.850. The smallest absolute Gasteiger partial charge is 0.339 e. The van der Waals surface area contributed by atoms with E-state index in [1.807, 2.05) is 13.8 Å². The van der Waals surface area contributed by atoms with Crippen molar-refractivity contribution >= 4 is 5.97 Å². The summed E-state index contributed by atoms with van der Waals surface area (Å²) in [7, 11) is 0. The van der Waals surface area contributed by atoms with Crippen molar-refractivity contribution in [3.63, 3.8) is 0 Å². The highest BCUT2D eigenvalue weighted by Crippen LogP contribution is 2.35. The van der Waals surface area contributed by atoms with E-state index in [-0.39, 0.29) is 11.7 Å². The Balaban J connectivity index is 2.45. The van der Waals surface area contributed by atoms with E-state index in [1.165, 1.54) is 0 Å². The summed E-state index contributed by atoms with van der Waals surface area (Å²) in [5, 5.41) is 9.05. The molecule has 16 heavy (non-hydrogen) atoms. The zero-order valence-corrected chi connectivity index (χ0v) is 9.32. The third-order valence-corrected chi connectivity index (χ3v) is 2.53. The van der Waals surface area contributed by atoms with E-state index >= 15 is 0 Å². The Hall–Kier alpha value is -1.71. The Morgan fingerprint density at radius 1 is 1.62 bits per heavy atom. The van der Waals surface area contributed by atoms with Crippen molar-refractivity contribution in [2.75, 3.05) is 6.61 Å². The summed E-state index contributed by atoms with van der Waals surface area (Å²) in [5.41, 5.74) is 1.18. The number of benzene rings is 1. The minimum absolute atomic E-state index is 0.105. The zero-order chi connectivity index (χ0) is 11.7. The third kappa shape index (κ3) is 1.83. The molecule has 0 spiro atoms. The fraction of sp³-hybridized carbons (Fsp3) is 0.417. The van der Waals surface area contributed by atoms with E-state index in [9.17, 15) is 4.79 Å². The summed E-state index contributed by atoms with van der Waals surface area (Å²) in [5.74, 6) is 0.0919. The van der Waals surface area contributed by atoms with Crippen molar-refractivity contribution in [3.8, 4) is 11.5 Å². The van der Waals surface area contributed by atoms with Crippen LogP contribution in [0.5, 0.6) is 11.5 Å². The number of carboxylic acid groups (broad SMARTS) is 1. The van der Waals surface area contributed by atoms with Crippen molar-refractivity contribution in [2.24, 2.45) is 0 Å². The van der Waals surface area contributed by atoms with Crippen LogP contribution in [0.4, 0.5) is 0 Å². The largest absolute Gasteiger partial charge is 0.493 e. The Morgan fingerprint density at radius 3 is 3.00 bits per heavy atom. The normalized spacial score (nSPS) is 17.8. The Morgan fingerprint density at radius 2 is 2.38 bits per heavy atom. The van der Waals surface area contributed by atoms with Gasteiger partial charge < -0.3 is 14.6 Å².